The predicted octanol–water partition coefficient (Wildman–Crippen LogP) is 2.80. The van der Waals surface area contributed by atoms with E-state index in [2.05, 4.69) is 20.1 Å². The lowest BCUT2D eigenvalue weighted by molar-refractivity contribution is -0.162. The Morgan fingerprint density at radius 1 is 1.45 bits per heavy atom. The molecule has 4 nitrogen and oxygen atoms in total. The molecule has 6 atom stereocenters. The van der Waals surface area contributed by atoms with E-state index in [0.717, 1.165) is 12.0 Å². The van der Waals surface area contributed by atoms with Gasteiger partial charge in [-0.3, -0.25) is 9.59 Å². The van der Waals surface area contributed by atoms with Crippen LogP contribution in [0.1, 0.15) is 27.2 Å². The van der Waals surface area contributed by atoms with Gasteiger partial charge in [0.2, 0.25) is 0 Å². The number of hydrogen-bond donors (Lipinski definition) is 0. The molecule has 1 heterocycles. The lowest BCUT2D eigenvalue weighted by Gasteiger charge is -2.39. The van der Waals surface area contributed by atoms with Gasteiger partial charge >= 0.3 is 5.97 Å². The minimum Gasteiger partial charge on any atom is -0.490 e. The average Bonchev–Trinajstić information content (AvgIpc) is 2.84. The second-order valence-electron chi connectivity index (χ2n) is 6.91. The maximum Gasteiger partial charge on any atom is 0.302 e. The SMILES string of the molecule is C=C1O[C@H]2C[C@@H](C)[C@@H]3C=CC(=O)[C@@]3(C)[C@@H](OC(C)=O)[C@@H]2C1=C. The first-order valence-electron chi connectivity index (χ1n) is 7.71. The van der Waals surface area contributed by atoms with Crippen LogP contribution in [0.25, 0.3) is 0 Å². The van der Waals surface area contributed by atoms with Gasteiger partial charge < -0.3 is 9.47 Å². The third-order valence-corrected chi connectivity index (χ3v) is 5.56. The Hall–Kier alpha value is -1.84. The van der Waals surface area contributed by atoms with Gasteiger partial charge in [-0.1, -0.05) is 26.2 Å². The smallest absolute Gasteiger partial charge is 0.302 e. The number of ketones is 1. The topological polar surface area (TPSA) is 52.6 Å². The van der Waals surface area contributed by atoms with Gasteiger partial charge in [0.05, 0.1) is 11.3 Å². The summed E-state index contributed by atoms with van der Waals surface area (Å²) in [5.41, 5.74) is -0.0217. The van der Waals surface area contributed by atoms with Crippen molar-refractivity contribution in [3.63, 3.8) is 0 Å². The Balaban J connectivity index is 2.12. The van der Waals surface area contributed by atoms with E-state index in [1.165, 1.54) is 6.92 Å². The van der Waals surface area contributed by atoms with Crippen molar-refractivity contribution >= 4 is 11.8 Å². The van der Waals surface area contributed by atoms with E-state index in [9.17, 15) is 9.59 Å². The summed E-state index contributed by atoms with van der Waals surface area (Å²) < 4.78 is 11.5. The predicted molar refractivity (Wildman–Crippen MR) is 81.7 cm³/mol. The molecule has 2 aliphatic carbocycles. The molecule has 0 radical (unpaired) electrons. The second-order valence-corrected chi connectivity index (χ2v) is 6.91. The third-order valence-electron chi connectivity index (χ3n) is 5.56. The summed E-state index contributed by atoms with van der Waals surface area (Å²) in [4.78, 5) is 24.3. The second kappa shape index (κ2) is 4.83. The summed E-state index contributed by atoms with van der Waals surface area (Å²) in [6, 6.07) is 0. The van der Waals surface area contributed by atoms with Crippen molar-refractivity contribution < 1.29 is 19.1 Å². The Labute approximate surface area is 130 Å². The van der Waals surface area contributed by atoms with Crippen molar-refractivity contribution in [1.29, 1.82) is 0 Å². The molecule has 0 amide bonds. The number of allylic oxidation sites excluding steroid dienone is 3. The van der Waals surface area contributed by atoms with Gasteiger partial charge in [-0.2, -0.15) is 0 Å². The van der Waals surface area contributed by atoms with Gasteiger partial charge in [0, 0.05) is 6.92 Å². The molecule has 4 heteroatoms. The first-order valence-corrected chi connectivity index (χ1v) is 7.71. The van der Waals surface area contributed by atoms with Crippen LogP contribution in [0.4, 0.5) is 0 Å². The number of hydrogen-bond acceptors (Lipinski definition) is 4. The van der Waals surface area contributed by atoms with E-state index >= 15 is 0 Å². The summed E-state index contributed by atoms with van der Waals surface area (Å²) in [7, 11) is 0. The van der Waals surface area contributed by atoms with Gasteiger partial charge in [-0.05, 0) is 36.8 Å². The Morgan fingerprint density at radius 3 is 2.77 bits per heavy atom. The van der Waals surface area contributed by atoms with Gasteiger partial charge in [0.1, 0.15) is 18.0 Å². The quantitative estimate of drug-likeness (QED) is 0.699. The standard InChI is InChI=1S/C18H22O4/c1-9-8-14-16(10(2)11(3)21-14)17(22-12(4)19)18(5)13(9)6-7-15(18)20/h6-7,9,13-14,16-17H,2-3,8H2,1,4-5H3/t9-,13+,14+,16-,17+,18+/m1/s1. The van der Waals surface area contributed by atoms with Crippen LogP contribution in [0, 0.1) is 23.2 Å². The number of carbonyl (C=O) groups is 2. The molecule has 22 heavy (non-hydrogen) atoms. The van der Waals surface area contributed by atoms with E-state index < -0.39 is 11.5 Å². The Morgan fingerprint density at radius 2 is 2.14 bits per heavy atom. The molecular weight excluding hydrogens is 280 g/mol. The zero-order valence-electron chi connectivity index (χ0n) is 13.3. The Bertz CT molecular complexity index is 602. The molecule has 0 unspecified atom stereocenters. The fourth-order valence-corrected chi connectivity index (χ4v) is 4.42. The molecule has 2 fully saturated rings. The molecule has 3 rings (SSSR count). The van der Waals surface area contributed by atoms with E-state index in [1.54, 1.807) is 6.08 Å². The van der Waals surface area contributed by atoms with Crippen LogP contribution in [-0.2, 0) is 19.1 Å². The minimum atomic E-state index is -0.762. The van der Waals surface area contributed by atoms with Crippen molar-refractivity contribution in [2.75, 3.05) is 0 Å². The number of fused-ring (bicyclic) bond motifs is 2. The average molecular weight is 302 g/mol. The lowest BCUT2D eigenvalue weighted by Crippen LogP contribution is -2.49. The summed E-state index contributed by atoms with van der Waals surface area (Å²) in [5, 5.41) is 0. The number of carbonyl (C=O) groups excluding carboxylic acids is 2. The van der Waals surface area contributed by atoms with Gasteiger partial charge in [0.25, 0.3) is 0 Å². The molecule has 0 aromatic heterocycles. The van der Waals surface area contributed by atoms with Gasteiger partial charge in [0.15, 0.2) is 5.78 Å². The summed E-state index contributed by atoms with van der Waals surface area (Å²) in [6.45, 7) is 13.4. The van der Waals surface area contributed by atoms with E-state index in [1.807, 2.05) is 13.0 Å². The third kappa shape index (κ3) is 1.89. The van der Waals surface area contributed by atoms with E-state index in [4.69, 9.17) is 9.47 Å². The largest absolute Gasteiger partial charge is 0.490 e. The van der Waals surface area contributed by atoms with Crippen LogP contribution in [0.3, 0.4) is 0 Å². The van der Waals surface area contributed by atoms with Crippen molar-refractivity contribution in [1.82, 2.24) is 0 Å². The number of esters is 1. The van der Waals surface area contributed by atoms with Crippen LogP contribution in [0.5, 0.6) is 0 Å². The molecule has 3 aliphatic rings. The molecule has 0 aromatic carbocycles. The summed E-state index contributed by atoms with van der Waals surface area (Å²) >= 11 is 0. The minimum absolute atomic E-state index is 0.0153. The van der Waals surface area contributed by atoms with Crippen LogP contribution >= 0.6 is 0 Å². The van der Waals surface area contributed by atoms with Crippen LogP contribution < -0.4 is 0 Å². The van der Waals surface area contributed by atoms with E-state index in [-0.39, 0.29) is 35.6 Å². The van der Waals surface area contributed by atoms with Crippen molar-refractivity contribution in [3.05, 3.63) is 36.6 Å². The highest BCUT2D eigenvalue weighted by Gasteiger charge is 2.60. The van der Waals surface area contributed by atoms with E-state index in [0.29, 0.717) is 5.76 Å². The summed E-state index contributed by atoms with van der Waals surface area (Å²) in [5.74, 6) is 0.251. The molecule has 0 aromatic rings. The fraction of sp³-hybridized carbons (Fsp3) is 0.556. The highest BCUT2D eigenvalue weighted by molar-refractivity contribution is 5.98. The molecule has 0 N–H and O–H groups in total. The molecule has 0 spiro atoms. The molecular formula is C18H22O4. The lowest BCUT2D eigenvalue weighted by atomic mass is 9.67. The highest BCUT2D eigenvalue weighted by Crippen LogP contribution is 2.55. The Kier molecular flexibility index (Phi) is 3.31. The zero-order valence-corrected chi connectivity index (χ0v) is 13.3. The summed E-state index contributed by atoms with van der Waals surface area (Å²) in [6.07, 6.45) is 3.67. The molecule has 118 valence electrons. The van der Waals surface area contributed by atoms with Crippen LogP contribution in [-0.4, -0.2) is 24.0 Å². The first kappa shape index (κ1) is 15.1. The van der Waals surface area contributed by atoms with Crippen molar-refractivity contribution in [2.45, 2.75) is 39.4 Å². The first-order chi connectivity index (χ1) is 10.3. The van der Waals surface area contributed by atoms with Crippen molar-refractivity contribution in [3.8, 4) is 0 Å². The highest BCUT2D eigenvalue weighted by atomic mass is 16.6. The molecule has 1 saturated heterocycles. The van der Waals surface area contributed by atoms with Crippen molar-refractivity contribution in [2.24, 2.45) is 23.2 Å². The van der Waals surface area contributed by atoms with Crippen LogP contribution in [0.15, 0.2) is 36.6 Å². The maximum atomic E-state index is 12.6. The molecule has 1 aliphatic heterocycles. The number of ether oxygens (including phenoxy) is 2. The molecule has 0 bridgehead atoms. The zero-order chi connectivity index (χ0) is 16.2. The van der Waals surface area contributed by atoms with Gasteiger partial charge in [-0.15, -0.1) is 0 Å². The monoisotopic (exact) mass is 302 g/mol. The number of rotatable bonds is 1. The maximum absolute atomic E-state index is 12.6. The molecule has 1 saturated carbocycles. The van der Waals surface area contributed by atoms with Gasteiger partial charge in [-0.25, -0.2) is 0 Å². The van der Waals surface area contributed by atoms with Crippen LogP contribution in [0.2, 0.25) is 0 Å². The normalized spacial score (nSPS) is 43.4. The fourth-order valence-electron chi connectivity index (χ4n) is 4.42.